The minimum absolute atomic E-state index is 0.226. The van der Waals surface area contributed by atoms with Crippen LogP contribution in [0.25, 0.3) is 0 Å². The molecule has 3 heterocycles. The Labute approximate surface area is 569 Å². The molecule has 3 aliphatic rings. The number of hydrogen-bond acceptors (Lipinski definition) is 20. The summed E-state index contributed by atoms with van der Waals surface area (Å²) >= 11 is 0. The third-order valence-corrected chi connectivity index (χ3v) is 19.2. The van der Waals surface area contributed by atoms with Gasteiger partial charge in [-0.3, -0.25) is 9.59 Å². The van der Waals surface area contributed by atoms with E-state index < -0.39 is 148 Å². The van der Waals surface area contributed by atoms with Crippen LogP contribution < -0.4 is 10.6 Å². The van der Waals surface area contributed by atoms with E-state index in [1.165, 1.54) is 186 Å². The zero-order valence-electron chi connectivity index (χ0n) is 58.5. The van der Waals surface area contributed by atoms with Crippen molar-refractivity contribution in [3.63, 3.8) is 0 Å². The highest BCUT2D eigenvalue weighted by Gasteiger charge is 2.60. The molecule has 0 aromatic carbocycles. The first-order valence-corrected chi connectivity index (χ1v) is 37.5. The third-order valence-electron chi connectivity index (χ3n) is 19.2. The van der Waals surface area contributed by atoms with Crippen LogP contribution in [-0.4, -0.2) is 215 Å². The maximum Gasteiger partial charge on any atom is 0.364 e. The zero-order chi connectivity index (χ0) is 69.6. The smallest absolute Gasteiger partial charge is 0.364 e. The molecule has 558 valence electrons. The average Bonchev–Trinajstić information content (AvgIpc) is 0.760. The summed E-state index contributed by atoms with van der Waals surface area (Å²) in [5.74, 6) is -6.10. The molecule has 18 unspecified atom stereocenters. The summed E-state index contributed by atoms with van der Waals surface area (Å²) in [7, 11) is 0. The molecular weight excluding hydrogens is 1230 g/mol. The van der Waals surface area contributed by atoms with E-state index in [1.54, 1.807) is 0 Å². The number of aliphatic hydroxyl groups is 11. The summed E-state index contributed by atoms with van der Waals surface area (Å²) < 4.78 is 34.9. The summed E-state index contributed by atoms with van der Waals surface area (Å²) in [5.41, 5.74) is 0. The van der Waals surface area contributed by atoms with E-state index in [0.717, 1.165) is 58.3 Å². The largest absolute Gasteiger partial charge is 0.477 e. The molecule has 3 rings (SSSR count). The molecule has 14 N–H and O–H groups in total. The van der Waals surface area contributed by atoms with Gasteiger partial charge in [0.15, 0.2) is 12.6 Å². The average molecular weight is 1360 g/mol. The summed E-state index contributed by atoms with van der Waals surface area (Å²) in [6.45, 7) is 2.21. The first-order valence-electron chi connectivity index (χ1n) is 37.5. The topological polar surface area (TPSA) is 373 Å². The Kier molecular flexibility index (Phi) is 47.9. The van der Waals surface area contributed by atoms with Gasteiger partial charge in [-0.05, 0) is 38.5 Å². The second-order valence-electron chi connectivity index (χ2n) is 27.5. The number of ether oxygens (including phenoxy) is 6. The highest BCUT2D eigenvalue weighted by atomic mass is 16.8. The van der Waals surface area contributed by atoms with E-state index in [4.69, 9.17) is 28.4 Å². The molecule has 0 spiro atoms. The number of nitrogens with one attached hydrogen (secondary N) is 2. The van der Waals surface area contributed by atoms with Gasteiger partial charge in [0.2, 0.25) is 11.8 Å². The van der Waals surface area contributed by atoms with Crippen LogP contribution >= 0.6 is 0 Å². The number of carboxylic acid groups (broad SMARTS) is 1. The van der Waals surface area contributed by atoms with Crippen molar-refractivity contribution in [2.24, 2.45) is 0 Å². The number of aliphatic carboxylic acids is 1. The van der Waals surface area contributed by atoms with Crippen molar-refractivity contribution in [3.05, 3.63) is 12.2 Å². The molecule has 3 saturated heterocycles. The fourth-order valence-corrected chi connectivity index (χ4v) is 13.2. The van der Waals surface area contributed by atoms with Gasteiger partial charge < -0.3 is 100 Å². The van der Waals surface area contributed by atoms with Crippen LogP contribution in [0.15, 0.2) is 12.2 Å². The second-order valence-corrected chi connectivity index (χ2v) is 27.5. The summed E-state index contributed by atoms with van der Waals surface area (Å²) in [6.07, 6.45) is 23.8. The monoisotopic (exact) mass is 1360 g/mol. The first-order chi connectivity index (χ1) is 45.9. The third kappa shape index (κ3) is 34.1. The lowest BCUT2D eigenvalue weighted by Crippen LogP contribution is -2.70. The molecule has 0 saturated carbocycles. The summed E-state index contributed by atoms with van der Waals surface area (Å²) in [4.78, 5) is 38.6. The molecule has 0 bridgehead atoms. The minimum Gasteiger partial charge on any atom is -0.477 e. The Morgan fingerprint density at radius 3 is 1.42 bits per heavy atom. The van der Waals surface area contributed by atoms with Gasteiger partial charge in [0, 0.05) is 19.8 Å². The Bertz CT molecular complexity index is 1960. The van der Waals surface area contributed by atoms with Gasteiger partial charge in [-0.1, -0.05) is 244 Å². The number of carbonyl (C=O) groups is 3. The van der Waals surface area contributed by atoms with Crippen LogP contribution in [0.2, 0.25) is 0 Å². The number of rotatable bonds is 58. The van der Waals surface area contributed by atoms with E-state index in [-0.39, 0.29) is 18.9 Å². The Balaban J connectivity index is 1.49. The molecule has 23 heteroatoms. The standard InChI is InChI=1S/C72H134N2O21/c1-4-6-8-10-12-14-16-18-19-20-21-22-23-24-25-26-27-28-29-30-31-32-33-34-36-38-40-42-44-46-59(82)74-53(54(79)45-43-41-39-37-35-17-15-13-11-9-7-5-2)51-90-69-64(86)63(85)66(58(50-77)92-69)93-70-65(87)68(62(84)57(49-76)91-70)95-72(71(88)89)47-55(80)60(73-52(3)78)67(94-72)61(83)56(81)48-75/h24-25,53-58,60-70,75-77,79-81,83-87H,4-23,26-51H2,1-3H3,(H,73,78)(H,74,82)(H,88,89)/b25-24-. The van der Waals surface area contributed by atoms with Gasteiger partial charge in [-0.25, -0.2) is 4.79 Å². The van der Waals surface area contributed by atoms with Crippen LogP contribution in [0.5, 0.6) is 0 Å². The van der Waals surface area contributed by atoms with Crippen molar-refractivity contribution in [2.45, 2.75) is 400 Å². The number of amides is 2. The Morgan fingerprint density at radius 1 is 0.537 bits per heavy atom. The van der Waals surface area contributed by atoms with Crippen LogP contribution in [0.4, 0.5) is 0 Å². The van der Waals surface area contributed by atoms with Crippen molar-refractivity contribution in [1.29, 1.82) is 0 Å². The first kappa shape index (κ1) is 86.7. The minimum atomic E-state index is -3.08. The highest BCUT2D eigenvalue weighted by molar-refractivity contribution is 5.77. The highest BCUT2D eigenvalue weighted by Crippen LogP contribution is 2.39. The van der Waals surface area contributed by atoms with Gasteiger partial charge in [0.1, 0.15) is 67.1 Å². The van der Waals surface area contributed by atoms with Crippen molar-refractivity contribution >= 4 is 17.8 Å². The number of unbranched alkanes of at least 4 members (excludes halogenated alkanes) is 36. The van der Waals surface area contributed by atoms with Crippen molar-refractivity contribution in [3.8, 4) is 0 Å². The predicted molar refractivity (Wildman–Crippen MR) is 362 cm³/mol. The maximum absolute atomic E-state index is 13.5. The summed E-state index contributed by atoms with van der Waals surface area (Å²) in [5, 5.41) is 136. The van der Waals surface area contributed by atoms with Crippen molar-refractivity contribution in [2.75, 3.05) is 26.4 Å². The second kappa shape index (κ2) is 52.5. The van der Waals surface area contributed by atoms with Gasteiger partial charge >= 0.3 is 5.97 Å². The van der Waals surface area contributed by atoms with Crippen LogP contribution in [0, 0.1) is 0 Å². The normalized spacial score (nSPS) is 27.7. The molecule has 95 heavy (non-hydrogen) atoms. The predicted octanol–water partition coefficient (Wildman–Crippen LogP) is 8.24. The quantitative estimate of drug-likeness (QED) is 0.0201. The fourth-order valence-electron chi connectivity index (χ4n) is 13.2. The SMILES string of the molecule is CCCCCCCCCCCCCC/C=C\CCCCCCCCCCCCCCCC(=O)NC(COC1OC(CO)C(OC2OC(CO)C(O)C(OC3(C(=O)O)CC(O)C(NC(C)=O)C(C(O)C(O)CO)O3)C2O)C(O)C1O)C(O)CCCCCCCCCCCCCC. The zero-order valence-corrected chi connectivity index (χ0v) is 58.5. The molecule has 2 amide bonds. The van der Waals surface area contributed by atoms with Crippen LogP contribution in [0.1, 0.15) is 290 Å². The lowest BCUT2D eigenvalue weighted by atomic mass is 9.88. The van der Waals surface area contributed by atoms with E-state index in [0.29, 0.717) is 19.3 Å². The van der Waals surface area contributed by atoms with Gasteiger partial charge in [-0.15, -0.1) is 0 Å². The Hall–Kier alpha value is -2.53. The summed E-state index contributed by atoms with van der Waals surface area (Å²) in [6, 6.07) is -2.53. The molecule has 0 aromatic heterocycles. The fraction of sp³-hybridized carbons (Fsp3) is 0.931. The van der Waals surface area contributed by atoms with E-state index in [9.17, 15) is 75.7 Å². The van der Waals surface area contributed by atoms with Crippen LogP contribution in [0.3, 0.4) is 0 Å². The molecule has 3 fully saturated rings. The molecule has 3 aliphatic heterocycles. The number of allylic oxidation sites excluding steroid dienone is 2. The van der Waals surface area contributed by atoms with Gasteiger partial charge in [0.25, 0.3) is 5.79 Å². The van der Waals surface area contributed by atoms with Gasteiger partial charge in [0.05, 0.1) is 50.7 Å². The number of hydrogen-bond donors (Lipinski definition) is 14. The molecule has 0 aliphatic carbocycles. The van der Waals surface area contributed by atoms with E-state index >= 15 is 0 Å². The van der Waals surface area contributed by atoms with Crippen LogP contribution in [-0.2, 0) is 42.8 Å². The maximum atomic E-state index is 13.5. The molecule has 23 nitrogen and oxygen atoms in total. The molecule has 18 atom stereocenters. The number of aliphatic hydroxyl groups excluding tert-OH is 11. The lowest BCUT2D eigenvalue weighted by Gasteiger charge is -2.50. The molecule has 0 aromatic rings. The van der Waals surface area contributed by atoms with E-state index in [1.807, 2.05) is 0 Å². The lowest BCUT2D eigenvalue weighted by molar-refractivity contribution is -0.386. The van der Waals surface area contributed by atoms with E-state index in [2.05, 4.69) is 36.6 Å². The number of carbonyl (C=O) groups excluding carboxylic acids is 2. The Morgan fingerprint density at radius 2 is 0.979 bits per heavy atom. The van der Waals surface area contributed by atoms with Crippen molar-refractivity contribution in [1.82, 2.24) is 10.6 Å². The number of carboxylic acids is 1. The van der Waals surface area contributed by atoms with Gasteiger partial charge in [-0.2, -0.15) is 0 Å². The van der Waals surface area contributed by atoms with Crippen molar-refractivity contribution < 1.29 is 104 Å². The molecular formula is C72H134N2O21. The molecule has 0 radical (unpaired) electrons.